The summed E-state index contributed by atoms with van der Waals surface area (Å²) in [5.41, 5.74) is 5.75. The van der Waals surface area contributed by atoms with Crippen molar-refractivity contribution >= 4 is 11.9 Å². The Morgan fingerprint density at radius 1 is 0.978 bits per heavy atom. The van der Waals surface area contributed by atoms with Crippen LogP contribution in [0.15, 0.2) is 72.8 Å². The molecule has 3 N–H and O–H groups in total. The number of benzene rings is 3. The van der Waals surface area contributed by atoms with Gasteiger partial charge in [-0.05, 0) is 60.2 Å². The standard InChI is InChI=1S/C36H44N2O7/c1-23-33(20-38-17-5-8-32(38)22-40)44-36(45-34(23)29-11-9-26(21-39)10-12-29)30-15-13-28(14-16-30)31-7-4-6-27(18-31)19-37-35(42)24(2)43-25(3)41/h4,6-7,9-16,18,23-24,32-34,36,39-40H,5,8,17,19-22H2,1-3H3,(H,37,42). The third-order valence-electron chi connectivity index (χ3n) is 8.87. The monoisotopic (exact) mass is 616 g/mol. The summed E-state index contributed by atoms with van der Waals surface area (Å²) in [6.07, 6.45) is 0.335. The van der Waals surface area contributed by atoms with Crippen LogP contribution in [0.2, 0.25) is 0 Å². The van der Waals surface area contributed by atoms with Gasteiger partial charge in [-0.25, -0.2) is 0 Å². The molecule has 3 aromatic carbocycles. The number of nitrogens with zero attached hydrogens (tertiary/aromatic N) is 1. The molecule has 5 rings (SSSR count). The number of likely N-dealkylation sites (tertiary alicyclic amines) is 1. The molecule has 6 unspecified atom stereocenters. The van der Waals surface area contributed by atoms with Gasteiger partial charge >= 0.3 is 5.97 Å². The van der Waals surface area contributed by atoms with Crippen molar-refractivity contribution < 1.29 is 34.0 Å². The van der Waals surface area contributed by atoms with Gasteiger partial charge in [0.2, 0.25) is 0 Å². The highest BCUT2D eigenvalue weighted by Crippen LogP contribution is 2.42. The maximum absolute atomic E-state index is 12.3. The molecule has 2 aliphatic heterocycles. The van der Waals surface area contributed by atoms with Crippen LogP contribution in [0.4, 0.5) is 0 Å². The smallest absolute Gasteiger partial charge is 0.303 e. The highest BCUT2D eigenvalue weighted by atomic mass is 16.7. The molecule has 0 bridgehead atoms. The number of aliphatic hydroxyl groups is 2. The third-order valence-corrected chi connectivity index (χ3v) is 8.87. The Bertz CT molecular complexity index is 1430. The Hall–Kier alpha value is -3.60. The molecule has 45 heavy (non-hydrogen) atoms. The Kier molecular flexibility index (Phi) is 11.0. The van der Waals surface area contributed by atoms with Gasteiger partial charge in [-0.2, -0.15) is 0 Å². The van der Waals surface area contributed by atoms with Gasteiger partial charge in [0.15, 0.2) is 12.4 Å². The molecule has 0 radical (unpaired) electrons. The second-order valence-corrected chi connectivity index (χ2v) is 12.1. The zero-order valence-electron chi connectivity index (χ0n) is 26.2. The minimum atomic E-state index is -0.851. The van der Waals surface area contributed by atoms with Crippen molar-refractivity contribution in [1.82, 2.24) is 10.2 Å². The highest BCUT2D eigenvalue weighted by Gasteiger charge is 2.40. The molecule has 2 heterocycles. The van der Waals surface area contributed by atoms with E-state index < -0.39 is 18.4 Å². The van der Waals surface area contributed by atoms with Gasteiger partial charge in [0.05, 0.1) is 25.4 Å². The number of carbonyl (C=O) groups excluding carboxylic acids is 2. The molecule has 2 fully saturated rings. The van der Waals surface area contributed by atoms with E-state index in [0.717, 1.165) is 59.3 Å². The second kappa shape index (κ2) is 15.1. The fourth-order valence-electron chi connectivity index (χ4n) is 6.23. The predicted octanol–water partition coefficient (Wildman–Crippen LogP) is 4.66. The first-order chi connectivity index (χ1) is 21.7. The summed E-state index contributed by atoms with van der Waals surface area (Å²) in [6.45, 7) is 7.11. The summed E-state index contributed by atoms with van der Waals surface area (Å²) < 4.78 is 18.2. The number of hydrogen-bond donors (Lipinski definition) is 3. The fraction of sp³-hybridized carbons (Fsp3) is 0.444. The van der Waals surface area contributed by atoms with Crippen molar-refractivity contribution in [3.8, 4) is 11.1 Å². The van der Waals surface area contributed by atoms with Crippen molar-refractivity contribution in [2.24, 2.45) is 5.92 Å². The van der Waals surface area contributed by atoms with Crippen LogP contribution in [0.1, 0.15) is 68.3 Å². The molecule has 3 aromatic rings. The van der Waals surface area contributed by atoms with Crippen LogP contribution in [0.25, 0.3) is 11.1 Å². The summed E-state index contributed by atoms with van der Waals surface area (Å²) in [5.74, 6) is -0.772. The van der Waals surface area contributed by atoms with Gasteiger partial charge in [-0.3, -0.25) is 14.5 Å². The zero-order valence-corrected chi connectivity index (χ0v) is 26.2. The fourth-order valence-corrected chi connectivity index (χ4v) is 6.23. The molecule has 0 aromatic heterocycles. The van der Waals surface area contributed by atoms with Crippen LogP contribution < -0.4 is 5.32 Å². The van der Waals surface area contributed by atoms with Crippen molar-refractivity contribution in [3.63, 3.8) is 0 Å². The molecule has 0 spiro atoms. The van der Waals surface area contributed by atoms with Crippen LogP contribution >= 0.6 is 0 Å². The number of rotatable bonds is 11. The summed E-state index contributed by atoms with van der Waals surface area (Å²) >= 11 is 0. The largest absolute Gasteiger partial charge is 0.453 e. The molecular formula is C36H44N2O7. The van der Waals surface area contributed by atoms with Gasteiger partial charge in [0.25, 0.3) is 5.91 Å². The van der Waals surface area contributed by atoms with Gasteiger partial charge in [0, 0.05) is 37.5 Å². The van der Waals surface area contributed by atoms with Gasteiger partial charge in [0.1, 0.15) is 0 Å². The molecule has 0 aliphatic carbocycles. The maximum Gasteiger partial charge on any atom is 0.303 e. The van der Waals surface area contributed by atoms with E-state index in [1.807, 2.05) is 72.8 Å². The van der Waals surface area contributed by atoms with E-state index >= 15 is 0 Å². The second-order valence-electron chi connectivity index (χ2n) is 12.1. The average molecular weight is 617 g/mol. The Balaban J connectivity index is 1.31. The van der Waals surface area contributed by atoms with Crippen LogP contribution in [0, 0.1) is 5.92 Å². The number of carbonyl (C=O) groups is 2. The van der Waals surface area contributed by atoms with Crippen molar-refractivity contribution in [3.05, 3.63) is 95.1 Å². The molecule has 2 aliphatic rings. The summed E-state index contributed by atoms with van der Waals surface area (Å²) in [6, 6.07) is 24.1. The number of esters is 1. The Morgan fingerprint density at radius 2 is 1.71 bits per heavy atom. The normalized spacial score (nSPS) is 24.2. The van der Waals surface area contributed by atoms with Gasteiger partial charge in [-0.15, -0.1) is 0 Å². The molecule has 1 amide bonds. The molecule has 0 saturated carbocycles. The Morgan fingerprint density at radius 3 is 2.40 bits per heavy atom. The summed E-state index contributed by atoms with van der Waals surface area (Å²) in [5, 5.41) is 22.3. The first-order valence-corrected chi connectivity index (χ1v) is 15.8. The molecular weight excluding hydrogens is 572 g/mol. The predicted molar refractivity (Wildman–Crippen MR) is 170 cm³/mol. The number of ether oxygens (including phenoxy) is 3. The summed E-state index contributed by atoms with van der Waals surface area (Å²) in [4.78, 5) is 25.8. The molecule has 9 heteroatoms. The summed E-state index contributed by atoms with van der Waals surface area (Å²) in [7, 11) is 0. The molecule has 240 valence electrons. The average Bonchev–Trinajstić information content (AvgIpc) is 3.51. The van der Waals surface area contributed by atoms with Crippen LogP contribution in [0.5, 0.6) is 0 Å². The van der Waals surface area contributed by atoms with Crippen LogP contribution in [-0.4, -0.2) is 64.9 Å². The van der Waals surface area contributed by atoms with Crippen molar-refractivity contribution in [2.45, 2.75) is 77.4 Å². The molecule has 9 nitrogen and oxygen atoms in total. The van der Waals surface area contributed by atoms with E-state index in [2.05, 4.69) is 17.1 Å². The number of aliphatic hydroxyl groups excluding tert-OH is 2. The van der Waals surface area contributed by atoms with E-state index in [0.29, 0.717) is 6.54 Å². The first kappa shape index (κ1) is 32.8. The topological polar surface area (TPSA) is 118 Å². The lowest BCUT2D eigenvalue weighted by molar-refractivity contribution is -0.276. The molecule has 6 atom stereocenters. The van der Waals surface area contributed by atoms with E-state index in [1.54, 1.807) is 6.92 Å². The zero-order chi connectivity index (χ0) is 31.9. The first-order valence-electron chi connectivity index (χ1n) is 15.8. The van der Waals surface area contributed by atoms with Gasteiger partial charge < -0.3 is 29.7 Å². The van der Waals surface area contributed by atoms with E-state index in [-0.39, 0.29) is 43.3 Å². The highest BCUT2D eigenvalue weighted by molar-refractivity contribution is 5.82. The van der Waals surface area contributed by atoms with Crippen LogP contribution in [0.3, 0.4) is 0 Å². The maximum atomic E-state index is 12.3. The number of hydrogen-bond acceptors (Lipinski definition) is 8. The quantitative estimate of drug-likeness (QED) is 0.267. The Labute approximate surface area is 265 Å². The lowest BCUT2D eigenvalue weighted by Gasteiger charge is -2.43. The van der Waals surface area contributed by atoms with E-state index in [1.165, 1.54) is 6.92 Å². The van der Waals surface area contributed by atoms with E-state index in [9.17, 15) is 19.8 Å². The number of amides is 1. The third kappa shape index (κ3) is 8.17. The van der Waals surface area contributed by atoms with Crippen molar-refractivity contribution in [2.75, 3.05) is 19.7 Å². The van der Waals surface area contributed by atoms with E-state index in [4.69, 9.17) is 14.2 Å². The lowest BCUT2D eigenvalue weighted by atomic mass is 9.89. The van der Waals surface area contributed by atoms with Crippen molar-refractivity contribution in [1.29, 1.82) is 0 Å². The lowest BCUT2D eigenvalue weighted by Crippen LogP contribution is -2.46. The van der Waals surface area contributed by atoms with Gasteiger partial charge in [-0.1, -0.05) is 73.7 Å². The SMILES string of the molecule is CC(=O)OC(C)C(=O)NCc1cccc(-c2ccc(C3OC(CN4CCCC4CO)C(C)C(c4ccc(CO)cc4)O3)cc2)c1. The van der Waals surface area contributed by atoms with Crippen LogP contribution in [-0.2, 0) is 37.0 Å². The minimum Gasteiger partial charge on any atom is -0.453 e. The molecule has 2 saturated heterocycles. The minimum absolute atomic E-state index is 0.00753. The number of nitrogens with one attached hydrogen (secondary N) is 1.